The van der Waals surface area contributed by atoms with Gasteiger partial charge in [-0.05, 0) is 12.1 Å². The van der Waals surface area contributed by atoms with E-state index in [1.807, 2.05) is 0 Å². The van der Waals surface area contributed by atoms with Gasteiger partial charge in [-0.1, -0.05) is 0 Å². The van der Waals surface area contributed by atoms with Gasteiger partial charge in [-0.3, -0.25) is 0 Å². The second-order valence-corrected chi connectivity index (χ2v) is 5.89. The van der Waals surface area contributed by atoms with Crippen LogP contribution >= 0.6 is 0 Å². The van der Waals surface area contributed by atoms with E-state index in [0.29, 0.717) is 0 Å². The molecule has 1 aliphatic rings. The zero-order valence-electron chi connectivity index (χ0n) is 14.2. The summed E-state index contributed by atoms with van der Waals surface area (Å²) in [7, 11) is 2.39. The number of aliphatic hydroxyl groups is 2. The molecule has 1 heterocycles. The number of phenols is 5. The molecule has 0 saturated heterocycles. The lowest BCUT2D eigenvalue weighted by Gasteiger charge is -2.36. The monoisotopic (exact) mass is 382 g/mol. The van der Waals surface area contributed by atoms with Gasteiger partial charge in [0.25, 0.3) is 0 Å². The van der Waals surface area contributed by atoms with E-state index in [0.717, 1.165) is 12.1 Å². The minimum Gasteiger partial charge on any atom is -0.504 e. The van der Waals surface area contributed by atoms with Gasteiger partial charge in [-0.2, -0.15) is 0 Å². The van der Waals surface area contributed by atoms with Crippen LogP contribution in [0.5, 0.6) is 46.0 Å². The lowest BCUT2D eigenvalue weighted by atomic mass is 9.90. The van der Waals surface area contributed by atoms with Gasteiger partial charge in [0.05, 0.1) is 19.8 Å². The largest absolute Gasteiger partial charge is 0.504 e. The molecule has 146 valence electrons. The number of aliphatic hydroxyl groups excluding tert-OH is 2. The number of aromatic hydroxyl groups is 5. The van der Waals surface area contributed by atoms with Crippen LogP contribution in [-0.2, 0) is 0 Å². The second kappa shape index (κ2) is 6.49. The van der Waals surface area contributed by atoms with Crippen LogP contribution in [0.1, 0.15) is 23.3 Å². The Bertz CT molecular complexity index is 871. The van der Waals surface area contributed by atoms with E-state index in [1.165, 1.54) is 14.2 Å². The van der Waals surface area contributed by atoms with E-state index in [-0.39, 0.29) is 28.4 Å². The third-order valence-corrected chi connectivity index (χ3v) is 4.35. The molecular formula is C17H18O10. The summed E-state index contributed by atoms with van der Waals surface area (Å²) in [5.74, 6) is -4.24. The molecule has 7 N–H and O–H groups in total. The lowest BCUT2D eigenvalue weighted by molar-refractivity contribution is -0.0722. The van der Waals surface area contributed by atoms with Crippen molar-refractivity contribution in [2.24, 2.45) is 0 Å². The summed E-state index contributed by atoms with van der Waals surface area (Å²) in [5, 5.41) is 70.3. The molecule has 10 heteroatoms. The third kappa shape index (κ3) is 2.66. The minimum atomic E-state index is -1.69. The van der Waals surface area contributed by atoms with Crippen molar-refractivity contribution < 1.29 is 50.0 Å². The first kappa shape index (κ1) is 18.5. The molecular weight excluding hydrogens is 364 g/mol. The highest BCUT2D eigenvalue weighted by Gasteiger charge is 2.43. The Hall–Kier alpha value is -3.24. The standard InChI is InChI=1S/C17H18O10/c1-25-16-11(22)8-10(21)12(23)14(27-15(8)17(26-2)13(16)24)5-3-6(18)9(20)7(19)4-5/h3-4,10,12,14,18-24H,1-2H3. The Morgan fingerprint density at radius 1 is 0.815 bits per heavy atom. The first-order chi connectivity index (χ1) is 12.7. The number of benzene rings is 2. The van der Waals surface area contributed by atoms with Crippen molar-refractivity contribution in [2.75, 3.05) is 14.2 Å². The van der Waals surface area contributed by atoms with Gasteiger partial charge in [0.2, 0.25) is 17.2 Å². The molecule has 0 radical (unpaired) electrons. The van der Waals surface area contributed by atoms with Crippen LogP contribution in [0.2, 0.25) is 0 Å². The zero-order chi connectivity index (χ0) is 20.0. The van der Waals surface area contributed by atoms with Gasteiger partial charge in [0.1, 0.15) is 12.2 Å². The van der Waals surface area contributed by atoms with Crippen LogP contribution in [-0.4, -0.2) is 56.1 Å². The van der Waals surface area contributed by atoms with Gasteiger partial charge in [0, 0.05) is 5.56 Å². The van der Waals surface area contributed by atoms with Gasteiger partial charge < -0.3 is 50.0 Å². The molecule has 2 aromatic carbocycles. The maximum atomic E-state index is 10.5. The fourth-order valence-corrected chi connectivity index (χ4v) is 3.04. The van der Waals surface area contributed by atoms with Gasteiger partial charge in [-0.25, -0.2) is 0 Å². The smallest absolute Gasteiger partial charge is 0.208 e. The molecule has 0 fully saturated rings. The van der Waals surface area contributed by atoms with Crippen LogP contribution < -0.4 is 14.2 Å². The van der Waals surface area contributed by atoms with Crippen molar-refractivity contribution in [3.8, 4) is 46.0 Å². The Labute approximate surface area is 152 Å². The molecule has 0 saturated carbocycles. The Kier molecular flexibility index (Phi) is 4.46. The molecule has 0 bridgehead atoms. The molecule has 1 aliphatic heterocycles. The number of hydrogen-bond acceptors (Lipinski definition) is 10. The molecule has 2 aromatic rings. The lowest BCUT2D eigenvalue weighted by Crippen LogP contribution is -2.34. The summed E-state index contributed by atoms with van der Waals surface area (Å²) in [4.78, 5) is 0. The number of fused-ring (bicyclic) bond motifs is 1. The van der Waals surface area contributed by atoms with Crippen molar-refractivity contribution in [2.45, 2.75) is 18.3 Å². The molecule has 3 unspecified atom stereocenters. The molecule has 0 aliphatic carbocycles. The van der Waals surface area contributed by atoms with Crippen LogP contribution in [0.4, 0.5) is 0 Å². The van der Waals surface area contributed by atoms with Gasteiger partial charge >= 0.3 is 0 Å². The number of ether oxygens (including phenoxy) is 3. The average Bonchev–Trinajstić information content (AvgIpc) is 2.62. The third-order valence-electron chi connectivity index (χ3n) is 4.35. The van der Waals surface area contributed by atoms with E-state index in [1.54, 1.807) is 0 Å². The summed E-state index contributed by atoms with van der Waals surface area (Å²) in [6.07, 6.45) is -4.68. The average molecular weight is 382 g/mol. The molecule has 0 amide bonds. The summed E-state index contributed by atoms with van der Waals surface area (Å²) < 4.78 is 15.6. The van der Waals surface area contributed by atoms with E-state index < -0.39 is 47.1 Å². The fourth-order valence-electron chi connectivity index (χ4n) is 3.04. The second-order valence-electron chi connectivity index (χ2n) is 5.89. The highest BCUT2D eigenvalue weighted by Crippen LogP contribution is 2.58. The van der Waals surface area contributed by atoms with E-state index in [9.17, 15) is 35.7 Å². The first-order valence-corrected chi connectivity index (χ1v) is 7.70. The highest BCUT2D eigenvalue weighted by atomic mass is 16.5. The van der Waals surface area contributed by atoms with Crippen molar-refractivity contribution in [1.29, 1.82) is 0 Å². The van der Waals surface area contributed by atoms with Crippen LogP contribution in [0.25, 0.3) is 0 Å². The first-order valence-electron chi connectivity index (χ1n) is 7.70. The van der Waals surface area contributed by atoms with E-state index in [2.05, 4.69) is 0 Å². The Morgan fingerprint density at radius 2 is 1.37 bits per heavy atom. The summed E-state index contributed by atoms with van der Waals surface area (Å²) in [6, 6.07) is 2.05. The molecule has 3 rings (SSSR count). The van der Waals surface area contributed by atoms with Crippen LogP contribution in [0.3, 0.4) is 0 Å². The molecule has 10 nitrogen and oxygen atoms in total. The van der Waals surface area contributed by atoms with Crippen molar-refractivity contribution in [1.82, 2.24) is 0 Å². The van der Waals surface area contributed by atoms with E-state index in [4.69, 9.17) is 14.2 Å². The summed E-state index contributed by atoms with van der Waals surface area (Å²) in [6.45, 7) is 0. The molecule has 3 atom stereocenters. The Morgan fingerprint density at radius 3 is 1.89 bits per heavy atom. The molecule has 0 spiro atoms. The molecule has 0 aromatic heterocycles. The van der Waals surface area contributed by atoms with Gasteiger partial charge in [0.15, 0.2) is 34.9 Å². The number of phenolic OH excluding ortho intramolecular Hbond substituents is 5. The SMILES string of the molecule is COc1c(O)c(OC)c2c(c1O)C(O)C(O)C(c1cc(O)c(O)c(O)c1)O2. The quantitative estimate of drug-likeness (QED) is 0.376. The van der Waals surface area contributed by atoms with Crippen molar-refractivity contribution >= 4 is 0 Å². The van der Waals surface area contributed by atoms with Crippen LogP contribution in [0.15, 0.2) is 12.1 Å². The number of hydrogen-bond donors (Lipinski definition) is 7. The maximum absolute atomic E-state index is 10.5. The normalized spacial score (nSPS) is 21.3. The summed E-state index contributed by atoms with van der Waals surface area (Å²) >= 11 is 0. The zero-order valence-corrected chi connectivity index (χ0v) is 14.2. The van der Waals surface area contributed by atoms with Gasteiger partial charge in [-0.15, -0.1) is 0 Å². The predicted molar refractivity (Wildman–Crippen MR) is 88.6 cm³/mol. The molecule has 27 heavy (non-hydrogen) atoms. The number of methoxy groups -OCH3 is 2. The fraction of sp³-hybridized carbons (Fsp3) is 0.294. The van der Waals surface area contributed by atoms with E-state index >= 15 is 0 Å². The highest BCUT2D eigenvalue weighted by molar-refractivity contribution is 5.70. The Balaban J connectivity index is 2.20. The summed E-state index contributed by atoms with van der Waals surface area (Å²) in [5.41, 5.74) is -0.255. The van der Waals surface area contributed by atoms with Crippen LogP contribution in [0, 0.1) is 0 Å². The van der Waals surface area contributed by atoms with Crippen molar-refractivity contribution in [3.05, 3.63) is 23.3 Å². The predicted octanol–water partition coefficient (Wildman–Crippen LogP) is 0.760. The van der Waals surface area contributed by atoms with Crippen molar-refractivity contribution in [3.63, 3.8) is 0 Å². The minimum absolute atomic E-state index is 0.0110. The number of rotatable bonds is 3. The topological polar surface area (TPSA) is 169 Å². The maximum Gasteiger partial charge on any atom is 0.208 e.